The predicted molar refractivity (Wildman–Crippen MR) is 70.6 cm³/mol. The number of pyridine rings is 1. The lowest BCUT2D eigenvalue weighted by Crippen LogP contribution is -2.20. The second-order valence-corrected chi connectivity index (χ2v) is 5.39. The van der Waals surface area contributed by atoms with Gasteiger partial charge in [0, 0.05) is 31.9 Å². The lowest BCUT2D eigenvalue weighted by Gasteiger charge is -2.17. The van der Waals surface area contributed by atoms with E-state index in [1.165, 1.54) is 31.2 Å². The summed E-state index contributed by atoms with van der Waals surface area (Å²) >= 11 is 6.19. The van der Waals surface area contributed by atoms with Gasteiger partial charge in [-0.1, -0.05) is 11.6 Å². The van der Waals surface area contributed by atoms with E-state index in [4.69, 9.17) is 11.6 Å². The minimum atomic E-state index is 0.717. The van der Waals surface area contributed by atoms with E-state index < -0.39 is 0 Å². The first-order chi connectivity index (χ1) is 8.33. The monoisotopic (exact) mass is 251 g/mol. The number of anilines is 1. The Morgan fingerprint density at radius 1 is 1.35 bits per heavy atom. The topological polar surface area (TPSA) is 28.2 Å². The fourth-order valence-corrected chi connectivity index (χ4v) is 2.43. The van der Waals surface area contributed by atoms with E-state index in [9.17, 15) is 0 Å². The summed E-state index contributed by atoms with van der Waals surface area (Å²) in [6.45, 7) is 3.13. The van der Waals surface area contributed by atoms with Crippen molar-refractivity contribution in [1.29, 1.82) is 0 Å². The van der Waals surface area contributed by atoms with Crippen molar-refractivity contribution in [2.75, 3.05) is 18.0 Å². The van der Waals surface area contributed by atoms with Crippen molar-refractivity contribution in [2.24, 2.45) is 0 Å². The summed E-state index contributed by atoms with van der Waals surface area (Å²) in [5.74, 6) is 1.08. The molecule has 3 rings (SSSR count). The maximum Gasteiger partial charge on any atom is 0.128 e. The fraction of sp³-hybridized carbons (Fsp3) is 0.615. The summed E-state index contributed by atoms with van der Waals surface area (Å²) in [5, 5.41) is 4.28. The van der Waals surface area contributed by atoms with Crippen LogP contribution < -0.4 is 10.2 Å². The molecule has 1 saturated carbocycles. The van der Waals surface area contributed by atoms with Crippen LogP contribution in [0.15, 0.2) is 12.3 Å². The van der Waals surface area contributed by atoms with Gasteiger partial charge in [0.25, 0.3) is 0 Å². The van der Waals surface area contributed by atoms with Crippen LogP contribution in [0.1, 0.15) is 31.2 Å². The van der Waals surface area contributed by atoms with E-state index in [2.05, 4.69) is 21.3 Å². The van der Waals surface area contributed by atoms with Gasteiger partial charge in [0.2, 0.25) is 0 Å². The van der Waals surface area contributed by atoms with Gasteiger partial charge in [-0.2, -0.15) is 0 Å². The van der Waals surface area contributed by atoms with Gasteiger partial charge in [-0.25, -0.2) is 4.98 Å². The summed E-state index contributed by atoms with van der Waals surface area (Å²) < 4.78 is 0. The first-order valence-electron chi connectivity index (χ1n) is 6.46. The minimum Gasteiger partial charge on any atom is -0.357 e. The SMILES string of the molecule is Clc1cnc(N2CCCC2)cc1CNC1CC1. The Hall–Kier alpha value is -0.800. The second kappa shape index (κ2) is 4.83. The van der Waals surface area contributed by atoms with Crippen molar-refractivity contribution < 1.29 is 0 Å². The normalized spacial score (nSPS) is 19.9. The molecule has 0 amide bonds. The van der Waals surface area contributed by atoms with E-state index in [0.717, 1.165) is 36.5 Å². The molecule has 1 aromatic rings. The molecule has 1 aliphatic heterocycles. The quantitative estimate of drug-likeness (QED) is 0.892. The number of aromatic nitrogens is 1. The van der Waals surface area contributed by atoms with Crippen LogP contribution in [0.4, 0.5) is 5.82 Å². The molecule has 1 saturated heterocycles. The van der Waals surface area contributed by atoms with Gasteiger partial charge in [0.05, 0.1) is 5.02 Å². The molecule has 17 heavy (non-hydrogen) atoms. The molecule has 0 aromatic carbocycles. The van der Waals surface area contributed by atoms with Gasteiger partial charge < -0.3 is 10.2 Å². The highest BCUT2D eigenvalue weighted by Gasteiger charge is 2.21. The first kappa shape index (κ1) is 11.3. The summed E-state index contributed by atoms with van der Waals surface area (Å²) in [4.78, 5) is 6.77. The van der Waals surface area contributed by atoms with Gasteiger partial charge in [0.15, 0.2) is 0 Å². The highest BCUT2D eigenvalue weighted by molar-refractivity contribution is 6.31. The Bertz CT molecular complexity index is 398. The average Bonchev–Trinajstić information content (AvgIpc) is 3.00. The van der Waals surface area contributed by atoms with Crippen LogP contribution in [-0.4, -0.2) is 24.1 Å². The Balaban J connectivity index is 1.73. The maximum atomic E-state index is 6.19. The zero-order valence-corrected chi connectivity index (χ0v) is 10.7. The van der Waals surface area contributed by atoms with Crippen molar-refractivity contribution in [3.63, 3.8) is 0 Å². The third-order valence-corrected chi connectivity index (χ3v) is 3.85. The number of nitrogens with one attached hydrogen (secondary N) is 1. The Labute approximate surface area is 107 Å². The zero-order valence-electron chi connectivity index (χ0n) is 9.95. The van der Waals surface area contributed by atoms with E-state index in [1.54, 1.807) is 6.20 Å². The highest BCUT2D eigenvalue weighted by Crippen LogP contribution is 2.25. The Kier molecular flexibility index (Phi) is 3.21. The Morgan fingerprint density at radius 2 is 2.12 bits per heavy atom. The molecule has 0 atom stereocenters. The number of nitrogens with zero attached hydrogens (tertiary/aromatic N) is 2. The second-order valence-electron chi connectivity index (χ2n) is 4.98. The minimum absolute atomic E-state index is 0.717. The van der Waals surface area contributed by atoms with E-state index >= 15 is 0 Å². The third-order valence-electron chi connectivity index (χ3n) is 3.51. The summed E-state index contributed by atoms with van der Waals surface area (Å²) in [7, 11) is 0. The summed E-state index contributed by atoms with van der Waals surface area (Å²) in [5.41, 5.74) is 1.18. The van der Waals surface area contributed by atoms with Gasteiger partial charge in [0.1, 0.15) is 5.82 Å². The molecular formula is C13H18ClN3. The van der Waals surface area contributed by atoms with E-state index in [-0.39, 0.29) is 0 Å². The molecule has 0 bridgehead atoms. The Morgan fingerprint density at radius 3 is 2.82 bits per heavy atom. The molecule has 3 nitrogen and oxygen atoms in total. The van der Waals surface area contributed by atoms with Crippen molar-refractivity contribution >= 4 is 17.4 Å². The summed E-state index contributed by atoms with van der Waals surface area (Å²) in [6, 6.07) is 2.86. The van der Waals surface area contributed by atoms with Gasteiger partial charge in [-0.3, -0.25) is 0 Å². The van der Waals surface area contributed by atoms with Crippen molar-refractivity contribution in [3.05, 3.63) is 22.8 Å². The van der Waals surface area contributed by atoms with E-state index in [0.29, 0.717) is 0 Å². The van der Waals surface area contributed by atoms with Crippen molar-refractivity contribution in [1.82, 2.24) is 10.3 Å². The van der Waals surface area contributed by atoms with Crippen LogP contribution in [0.3, 0.4) is 0 Å². The highest BCUT2D eigenvalue weighted by atomic mass is 35.5. The van der Waals surface area contributed by atoms with Crippen LogP contribution in [0.5, 0.6) is 0 Å². The number of hydrogen-bond acceptors (Lipinski definition) is 3. The molecule has 1 aliphatic carbocycles. The number of halogens is 1. The molecule has 2 heterocycles. The molecule has 2 aliphatic rings. The maximum absolute atomic E-state index is 6.19. The van der Waals surface area contributed by atoms with Gasteiger partial charge in [-0.15, -0.1) is 0 Å². The molecule has 1 N–H and O–H groups in total. The van der Waals surface area contributed by atoms with E-state index in [1.807, 2.05) is 0 Å². The van der Waals surface area contributed by atoms with Gasteiger partial charge in [-0.05, 0) is 37.3 Å². The lowest BCUT2D eigenvalue weighted by atomic mass is 10.2. The fourth-order valence-electron chi connectivity index (χ4n) is 2.26. The molecule has 4 heteroatoms. The van der Waals surface area contributed by atoms with Crippen LogP contribution in [0.25, 0.3) is 0 Å². The third kappa shape index (κ3) is 2.72. The van der Waals surface area contributed by atoms with Crippen molar-refractivity contribution in [3.8, 4) is 0 Å². The smallest absolute Gasteiger partial charge is 0.128 e. The molecular weight excluding hydrogens is 234 g/mol. The summed E-state index contributed by atoms with van der Waals surface area (Å²) in [6.07, 6.45) is 6.96. The zero-order chi connectivity index (χ0) is 11.7. The lowest BCUT2D eigenvalue weighted by molar-refractivity contribution is 0.687. The molecule has 1 aromatic heterocycles. The van der Waals surface area contributed by atoms with Crippen LogP contribution in [0.2, 0.25) is 5.02 Å². The van der Waals surface area contributed by atoms with Gasteiger partial charge >= 0.3 is 0 Å². The largest absolute Gasteiger partial charge is 0.357 e. The average molecular weight is 252 g/mol. The molecule has 0 spiro atoms. The number of hydrogen-bond donors (Lipinski definition) is 1. The van der Waals surface area contributed by atoms with Crippen LogP contribution in [-0.2, 0) is 6.54 Å². The van der Waals surface area contributed by atoms with Crippen molar-refractivity contribution in [2.45, 2.75) is 38.3 Å². The predicted octanol–water partition coefficient (Wildman–Crippen LogP) is 2.59. The molecule has 92 valence electrons. The molecule has 0 unspecified atom stereocenters. The standard InChI is InChI=1S/C13H18ClN3/c14-12-9-16-13(17-5-1-2-6-17)7-10(12)8-15-11-3-4-11/h7,9,11,15H,1-6,8H2. The van der Waals surface area contributed by atoms with Crippen LogP contribution in [0, 0.1) is 0 Å². The molecule has 0 radical (unpaired) electrons. The number of rotatable bonds is 4. The molecule has 2 fully saturated rings. The first-order valence-corrected chi connectivity index (χ1v) is 6.83. The van der Waals surface area contributed by atoms with Crippen LogP contribution >= 0.6 is 11.6 Å².